The van der Waals surface area contributed by atoms with E-state index in [1.165, 1.54) is 0 Å². The van der Waals surface area contributed by atoms with Crippen molar-refractivity contribution < 1.29 is 9.53 Å². The number of nitrogens with zero attached hydrogens (tertiary/aromatic N) is 1. The Balaban J connectivity index is 1.75. The molecule has 2 aromatic carbocycles. The van der Waals surface area contributed by atoms with Gasteiger partial charge in [0, 0.05) is 11.8 Å². The van der Waals surface area contributed by atoms with E-state index in [4.69, 9.17) is 4.74 Å². The zero-order chi connectivity index (χ0) is 15.2. The number of carbonyl (C=O) groups is 1. The molecule has 0 unspecified atom stereocenters. The SMILES string of the molecule is O=Cc1ccc(-c2cccc(OCc3ccccc3)c2)cn1. The van der Waals surface area contributed by atoms with Gasteiger partial charge in [0.1, 0.15) is 18.1 Å². The van der Waals surface area contributed by atoms with Crippen LogP contribution in [0, 0.1) is 0 Å². The molecular formula is C19H15NO2. The van der Waals surface area contributed by atoms with Crippen molar-refractivity contribution in [1.82, 2.24) is 4.98 Å². The van der Waals surface area contributed by atoms with Crippen LogP contribution < -0.4 is 4.74 Å². The highest BCUT2D eigenvalue weighted by Gasteiger charge is 2.02. The minimum Gasteiger partial charge on any atom is -0.489 e. The summed E-state index contributed by atoms with van der Waals surface area (Å²) >= 11 is 0. The molecule has 0 radical (unpaired) electrons. The summed E-state index contributed by atoms with van der Waals surface area (Å²) in [6, 6.07) is 21.5. The molecule has 1 heterocycles. The first-order chi connectivity index (χ1) is 10.8. The number of aldehydes is 1. The molecule has 3 aromatic rings. The molecule has 0 aliphatic heterocycles. The van der Waals surface area contributed by atoms with Crippen molar-refractivity contribution in [2.24, 2.45) is 0 Å². The summed E-state index contributed by atoms with van der Waals surface area (Å²) in [4.78, 5) is 14.7. The van der Waals surface area contributed by atoms with Crippen molar-refractivity contribution in [2.45, 2.75) is 6.61 Å². The van der Waals surface area contributed by atoms with Crippen molar-refractivity contribution >= 4 is 6.29 Å². The molecule has 0 aliphatic rings. The molecular weight excluding hydrogens is 274 g/mol. The van der Waals surface area contributed by atoms with Crippen molar-refractivity contribution in [3.63, 3.8) is 0 Å². The summed E-state index contributed by atoms with van der Waals surface area (Å²) in [5.41, 5.74) is 3.52. The molecule has 3 rings (SSSR count). The van der Waals surface area contributed by atoms with Gasteiger partial charge in [-0.25, -0.2) is 0 Å². The van der Waals surface area contributed by atoms with Gasteiger partial charge < -0.3 is 4.74 Å². The lowest BCUT2D eigenvalue weighted by molar-refractivity contribution is 0.111. The molecule has 0 fully saturated rings. The molecule has 3 heteroatoms. The number of carbonyl (C=O) groups excluding carboxylic acids is 1. The van der Waals surface area contributed by atoms with Crippen LogP contribution in [0.3, 0.4) is 0 Å². The van der Waals surface area contributed by atoms with Gasteiger partial charge in [-0.15, -0.1) is 0 Å². The minimum atomic E-state index is 0.431. The first-order valence-electron chi connectivity index (χ1n) is 7.03. The maximum absolute atomic E-state index is 10.6. The molecule has 0 spiro atoms. The maximum Gasteiger partial charge on any atom is 0.168 e. The molecule has 0 bridgehead atoms. The Bertz CT molecular complexity index is 752. The molecule has 0 amide bonds. The second-order valence-electron chi connectivity index (χ2n) is 4.89. The molecule has 0 aliphatic carbocycles. The van der Waals surface area contributed by atoms with Crippen LogP contribution in [0.25, 0.3) is 11.1 Å². The fraction of sp³-hybridized carbons (Fsp3) is 0.0526. The van der Waals surface area contributed by atoms with Crippen LogP contribution in [0.2, 0.25) is 0 Å². The normalized spacial score (nSPS) is 10.2. The van der Waals surface area contributed by atoms with E-state index in [1.807, 2.05) is 60.7 Å². The number of hydrogen-bond acceptors (Lipinski definition) is 3. The standard InChI is InChI=1S/C19H15NO2/c21-13-18-10-9-17(12-20-18)16-7-4-8-19(11-16)22-14-15-5-2-1-3-6-15/h1-13H,14H2. The smallest absolute Gasteiger partial charge is 0.168 e. The van der Waals surface area contributed by atoms with Gasteiger partial charge in [0.25, 0.3) is 0 Å². The van der Waals surface area contributed by atoms with Gasteiger partial charge in [0.15, 0.2) is 6.29 Å². The number of aromatic nitrogens is 1. The number of ether oxygens (including phenoxy) is 1. The lowest BCUT2D eigenvalue weighted by Crippen LogP contribution is -1.95. The zero-order valence-electron chi connectivity index (χ0n) is 12.0. The number of rotatable bonds is 5. The van der Waals surface area contributed by atoms with Gasteiger partial charge in [-0.1, -0.05) is 48.5 Å². The van der Waals surface area contributed by atoms with Gasteiger partial charge >= 0.3 is 0 Å². The van der Waals surface area contributed by atoms with Gasteiger partial charge in [-0.2, -0.15) is 0 Å². The van der Waals surface area contributed by atoms with Crippen LogP contribution >= 0.6 is 0 Å². The first kappa shape index (κ1) is 14.0. The van der Waals surface area contributed by atoms with E-state index in [-0.39, 0.29) is 0 Å². The van der Waals surface area contributed by atoms with Crippen molar-refractivity contribution in [1.29, 1.82) is 0 Å². The van der Waals surface area contributed by atoms with Gasteiger partial charge in [0.2, 0.25) is 0 Å². The third kappa shape index (κ3) is 3.38. The highest BCUT2D eigenvalue weighted by atomic mass is 16.5. The van der Waals surface area contributed by atoms with E-state index in [9.17, 15) is 4.79 Å². The molecule has 3 nitrogen and oxygen atoms in total. The molecule has 1 aromatic heterocycles. The Hall–Kier alpha value is -2.94. The number of benzene rings is 2. The van der Waals surface area contributed by atoms with Crippen molar-refractivity contribution in [2.75, 3.05) is 0 Å². The van der Waals surface area contributed by atoms with Crippen LogP contribution in [0.5, 0.6) is 5.75 Å². The van der Waals surface area contributed by atoms with Crippen LogP contribution in [0.1, 0.15) is 16.1 Å². The van der Waals surface area contributed by atoms with Gasteiger partial charge in [-0.05, 0) is 29.3 Å². The fourth-order valence-electron chi connectivity index (χ4n) is 2.15. The second-order valence-corrected chi connectivity index (χ2v) is 4.89. The summed E-state index contributed by atoms with van der Waals surface area (Å²) in [6.07, 6.45) is 2.43. The third-order valence-corrected chi connectivity index (χ3v) is 3.32. The van der Waals surface area contributed by atoms with E-state index in [0.717, 1.165) is 28.7 Å². The average Bonchev–Trinajstić information content (AvgIpc) is 2.61. The van der Waals surface area contributed by atoms with E-state index >= 15 is 0 Å². The van der Waals surface area contributed by atoms with Gasteiger partial charge in [-0.3, -0.25) is 9.78 Å². The fourth-order valence-corrected chi connectivity index (χ4v) is 2.15. The highest BCUT2D eigenvalue weighted by molar-refractivity contribution is 5.73. The summed E-state index contributed by atoms with van der Waals surface area (Å²) in [5, 5.41) is 0. The third-order valence-electron chi connectivity index (χ3n) is 3.32. The van der Waals surface area contributed by atoms with E-state index in [0.29, 0.717) is 12.3 Å². The zero-order valence-corrected chi connectivity index (χ0v) is 12.0. The largest absolute Gasteiger partial charge is 0.489 e. The summed E-state index contributed by atoms with van der Waals surface area (Å²) in [5.74, 6) is 0.806. The first-order valence-corrected chi connectivity index (χ1v) is 7.03. The molecule has 108 valence electrons. The highest BCUT2D eigenvalue weighted by Crippen LogP contribution is 2.24. The molecule has 0 atom stereocenters. The Morgan fingerprint density at radius 2 is 1.77 bits per heavy atom. The summed E-state index contributed by atoms with van der Waals surface area (Å²) in [6.45, 7) is 0.534. The maximum atomic E-state index is 10.6. The lowest BCUT2D eigenvalue weighted by Gasteiger charge is -2.08. The predicted octanol–water partition coefficient (Wildman–Crippen LogP) is 4.14. The van der Waals surface area contributed by atoms with Crippen LogP contribution in [0.4, 0.5) is 0 Å². The Kier molecular flexibility index (Phi) is 4.25. The predicted molar refractivity (Wildman–Crippen MR) is 85.8 cm³/mol. The van der Waals surface area contributed by atoms with E-state index in [1.54, 1.807) is 12.3 Å². The topological polar surface area (TPSA) is 39.2 Å². The average molecular weight is 289 g/mol. The Morgan fingerprint density at radius 3 is 2.50 bits per heavy atom. The summed E-state index contributed by atoms with van der Waals surface area (Å²) < 4.78 is 5.82. The van der Waals surface area contributed by atoms with Crippen molar-refractivity contribution in [3.05, 3.63) is 84.2 Å². The molecule has 0 saturated carbocycles. The Morgan fingerprint density at radius 1 is 0.909 bits per heavy atom. The monoisotopic (exact) mass is 289 g/mol. The number of hydrogen-bond donors (Lipinski definition) is 0. The molecule has 0 saturated heterocycles. The van der Waals surface area contributed by atoms with Crippen LogP contribution in [-0.4, -0.2) is 11.3 Å². The van der Waals surface area contributed by atoms with E-state index in [2.05, 4.69) is 4.98 Å². The van der Waals surface area contributed by atoms with Crippen LogP contribution in [-0.2, 0) is 6.61 Å². The number of pyridine rings is 1. The Labute approximate surface area is 129 Å². The summed E-state index contributed by atoms with van der Waals surface area (Å²) in [7, 11) is 0. The lowest BCUT2D eigenvalue weighted by atomic mass is 10.1. The van der Waals surface area contributed by atoms with E-state index < -0.39 is 0 Å². The molecule has 0 N–H and O–H groups in total. The second kappa shape index (κ2) is 6.68. The van der Waals surface area contributed by atoms with Gasteiger partial charge in [0.05, 0.1) is 0 Å². The quantitative estimate of drug-likeness (QED) is 0.663. The molecule has 22 heavy (non-hydrogen) atoms. The van der Waals surface area contributed by atoms with Crippen molar-refractivity contribution in [3.8, 4) is 16.9 Å². The van der Waals surface area contributed by atoms with Crippen LogP contribution in [0.15, 0.2) is 72.9 Å². The minimum absolute atomic E-state index is 0.431.